The number of thiophene rings is 1. The van der Waals surface area contributed by atoms with Crippen LogP contribution in [0.3, 0.4) is 0 Å². The predicted octanol–water partition coefficient (Wildman–Crippen LogP) is 3.60. The number of carbonyl (C=O) groups excluding carboxylic acids is 2. The molecule has 1 aromatic heterocycles. The summed E-state index contributed by atoms with van der Waals surface area (Å²) in [4.78, 5) is 26.2. The van der Waals surface area contributed by atoms with Gasteiger partial charge in [-0.3, -0.25) is 15.0 Å². The molecule has 23 heavy (non-hydrogen) atoms. The van der Waals surface area contributed by atoms with Crippen molar-refractivity contribution < 1.29 is 9.59 Å². The Morgan fingerprint density at radius 1 is 1.26 bits per heavy atom. The van der Waals surface area contributed by atoms with Crippen LogP contribution in [0.25, 0.3) is 6.08 Å². The summed E-state index contributed by atoms with van der Waals surface area (Å²) in [6, 6.07) is 11.0. The highest BCUT2D eigenvalue weighted by molar-refractivity contribution is 8.26. The van der Waals surface area contributed by atoms with E-state index in [1.165, 1.54) is 23.1 Å². The molecule has 1 aliphatic rings. The number of benzene rings is 1. The van der Waals surface area contributed by atoms with Crippen LogP contribution in [-0.2, 0) is 4.79 Å². The van der Waals surface area contributed by atoms with E-state index >= 15 is 0 Å². The second-order valence-corrected chi connectivity index (χ2v) is 7.44. The minimum atomic E-state index is -0.350. The third kappa shape index (κ3) is 3.36. The first-order valence-electron chi connectivity index (χ1n) is 6.74. The summed E-state index contributed by atoms with van der Waals surface area (Å²) >= 11 is 7.93. The Morgan fingerprint density at radius 2 is 2.04 bits per heavy atom. The summed E-state index contributed by atoms with van der Waals surface area (Å²) < 4.78 is 0.319. The van der Waals surface area contributed by atoms with Gasteiger partial charge in [0, 0.05) is 10.4 Å². The Balaban J connectivity index is 1.79. The van der Waals surface area contributed by atoms with E-state index < -0.39 is 0 Å². The maximum absolute atomic E-state index is 12.4. The maximum Gasteiger partial charge on any atom is 0.285 e. The third-order valence-electron chi connectivity index (χ3n) is 3.21. The number of hydrazine groups is 1. The molecular weight excluding hydrogens is 348 g/mol. The molecule has 2 amide bonds. The zero-order chi connectivity index (χ0) is 16.4. The Hall–Kier alpha value is -1.96. The zero-order valence-electron chi connectivity index (χ0n) is 12.1. The van der Waals surface area contributed by atoms with Gasteiger partial charge in [-0.15, -0.1) is 11.3 Å². The first-order chi connectivity index (χ1) is 11.1. The molecule has 0 saturated carbocycles. The number of hydrogen-bond donors (Lipinski definition) is 1. The van der Waals surface area contributed by atoms with Crippen molar-refractivity contribution in [2.24, 2.45) is 0 Å². The molecular formula is C16H12N2O2S3. The van der Waals surface area contributed by atoms with Gasteiger partial charge in [-0.1, -0.05) is 36.0 Å². The van der Waals surface area contributed by atoms with E-state index in [1.54, 1.807) is 18.2 Å². The minimum absolute atomic E-state index is 0.310. The molecule has 0 bridgehead atoms. The molecule has 4 nitrogen and oxygen atoms in total. The average molecular weight is 360 g/mol. The van der Waals surface area contributed by atoms with E-state index in [2.05, 4.69) is 5.43 Å². The monoisotopic (exact) mass is 360 g/mol. The molecule has 116 valence electrons. The number of nitrogens with one attached hydrogen (secondary N) is 1. The number of thiocarbonyl (C=S) groups is 1. The van der Waals surface area contributed by atoms with Crippen LogP contribution in [-0.4, -0.2) is 21.1 Å². The molecule has 1 N–H and O–H groups in total. The zero-order valence-corrected chi connectivity index (χ0v) is 14.6. The number of carbonyl (C=O) groups is 2. The first kappa shape index (κ1) is 15.9. The van der Waals surface area contributed by atoms with Crippen LogP contribution in [0.4, 0.5) is 0 Å². The Labute approximate surface area is 147 Å². The van der Waals surface area contributed by atoms with Crippen LogP contribution in [0.2, 0.25) is 0 Å². The summed E-state index contributed by atoms with van der Waals surface area (Å²) in [5.41, 5.74) is 3.95. The Morgan fingerprint density at radius 3 is 2.74 bits per heavy atom. The van der Waals surface area contributed by atoms with Crippen molar-refractivity contribution in [3.05, 3.63) is 62.7 Å². The van der Waals surface area contributed by atoms with Crippen molar-refractivity contribution in [2.45, 2.75) is 6.92 Å². The second kappa shape index (κ2) is 6.66. The van der Waals surface area contributed by atoms with E-state index in [0.717, 1.165) is 15.4 Å². The predicted molar refractivity (Wildman–Crippen MR) is 98.0 cm³/mol. The van der Waals surface area contributed by atoms with Crippen LogP contribution < -0.4 is 5.43 Å². The van der Waals surface area contributed by atoms with Crippen LogP contribution in [0.1, 0.15) is 20.8 Å². The van der Waals surface area contributed by atoms with Crippen molar-refractivity contribution in [2.75, 3.05) is 0 Å². The Kier molecular flexibility index (Phi) is 4.61. The fraction of sp³-hybridized carbons (Fsp3) is 0.0625. The largest absolute Gasteiger partial charge is 0.285 e. The normalized spacial score (nSPS) is 16.2. The highest BCUT2D eigenvalue weighted by atomic mass is 32.2. The van der Waals surface area contributed by atoms with E-state index in [9.17, 15) is 9.59 Å². The molecule has 1 aliphatic heterocycles. The molecule has 0 radical (unpaired) electrons. The average Bonchev–Trinajstić information content (AvgIpc) is 3.12. The van der Waals surface area contributed by atoms with Gasteiger partial charge in [0.25, 0.3) is 11.8 Å². The molecule has 3 rings (SSSR count). The van der Waals surface area contributed by atoms with Gasteiger partial charge >= 0.3 is 0 Å². The lowest BCUT2D eigenvalue weighted by Crippen LogP contribution is -2.45. The number of rotatable bonds is 3. The summed E-state index contributed by atoms with van der Waals surface area (Å²) in [5, 5.41) is 3.07. The van der Waals surface area contributed by atoms with E-state index in [4.69, 9.17) is 12.2 Å². The lowest BCUT2D eigenvalue weighted by atomic mass is 10.1. The standard InChI is InChI=1S/C16H12N2O2S3/c1-10-5-2-3-7-12(10)14(19)17-18-15(20)13(23-16(18)21)9-11-6-4-8-22-11/h2-9H,1H3,(H,17,19). The van der Waals surface area contributed by atoms with Crippen molar-refractivity contribution in [1.29, 1.82) is 0 Å². The molecule has 2 aromatic rings. The number of thioether (sulfide) groups is 1. The van der Waals surface area contributed by atoms with Crippen molar-refractivity contribution in [3.63, 3.8) is 0 Å². The van der Waals surface area contributed by atoms with E-state index in [1.807, 2.05) is 36.6 Å². The molecule has 1 saturated heterocycles. The van der Waals surface area contributed by atoms with Crippen molar-refractivity contribution in [3.8, 4) is 0 Å². The number of aryl methyl sites for hydroxylation is 1. The van der Waals surface area contributed by atoms with Gasteiger partial charge in [0.05, 0.1) is 4.91 Å². The van der Waals surface area contributed by atoms with Gasteiger partial charge in [0.15, 0.2) is 4.32 Å². The van der Waals surface area contributed by atoms with Gasteiger partial charge in [0.2, 0.25) is 0 Å². The lowest BCUT2D eigenvalue weighted by molar-refractivity contribution is -0.123. The second-order valence-electron chi connectivity index (χ2n) is 4.79. The van der Waals surface area contributed by atoms with Gasteiger partial charge < -0.3 is 0 Å². The minimum Gasteiger partial charge on any atom is -0.267 e. The fourth-order valence-corrected chi connectivity index (χ4v) is 3.96. The SMILES string of the molecule is Cc1ccccc1C(=O)NN1C(=O)C(=Cc2cccs2)SC1=S. The summed E-state index contributed by atoms with van der Waals surface area (Å²) in [6.45, 7) is 1.84. The van der Waals surface area contributed by atoms with Gasteiger partial charge in [0.1, 0.15) is 0 Å². The quantitative estimate of drug-likeness (QED) is 0.671. The molecule has 1 aromatic carbocycles. The van der Waals surface area contributed by atoms with E-state index in [0.29, 0.717) is 14.8 Å². The topological polar surface area (TPSA) is 49.4 Å². The highest BCUT2D eigenvalue weighted by Gasteiger charge is 2.34. The van der Waals surface area contributed by atoms with Crippen molar-refractivity contribution in [1.82, 2.24) is 10.4 Å². The molecule has 0 unspecified atom stereocenters. The third-order valence-corrected chi connectivity index (χ3v) is 5.33. The number of amides is 2. The molecule has 0 atom stereocenters. The lowest BCUT2D eigenvalue weighted by Gasteiger charge is -2.16. The number of nitrogens with zero attached hydrogens (tertiary/aromatic N) is 1. The fourth-order valence-electron chi connectivity index (χ4n) is 2.06. The summed E-state index contributed by atoms with van der Waals surface area (Å²) in [5.74, 6) is -0.660. The first-order valence-corrected chi connectivity index (χ1v) is 8.85. The Bertz CT molecular complexity index is 812. The van der Waals surface area contributed by atoms with Gasteiger partial charge in [-0.05, 0) is 48.3 Å². The van der Waals surface area contributed by atoms with Crippen LogP contribution >= 0.6 is 35.3 Å². The highest BCUT2D eigenvalue weighted by Crippen LogP contribution is 2.32. The summed E-state index contributed by atoms with van der Waals surface area (Å²) in [6.07, 6.45) is 1.78. The van der Waals surface area contributed by atoms with Crippen LogP contribution in [0, 0.1) is 6.92 Å². The van der Waals surface area contributed by atoms with Crippen LogP contribution in [0.15, 0.2) is 46.7 Å². The molecule has 1 fully saturated rings. The smallest absolute Gasteiger partial charge is 0.267 e. The van der Waals surface area contributed by atoms with E-state index in [-0.39, 0.29) is 11.8 Å². The van der Waals surface area contributed by atoms with Gasteiger partial charge in [-0.25, -0.2) is 0 Å². The molecule has 0 aliphatic carbocycles. The maximum atomic E-state index is 12.4. The molecule has 0 spiro atoms. The van der Waals surface area contributed by atoms with Crippen LogP contribution in [0.5, 0.6) is 0 Å². The van der Waals surface area contributed by atoms with Crippen molar-refractivity contribution >= 4 is 57.5 Å². The summed E-state index contributed by atoms with van der Waals surface area (Å²) in [7, 11) is 0. The number of hydrogen-bond acceptors (Lipinski definition) is 5. The molecule has 7 heteroatoms. The molecule has 2 heterocycles. The van der Waals surface area contributed by atoms with Gasteiger partial charge in [-0.2, -0.15) is 5.01 Å².